The molecule has 0 radical (unpaired) electrons. The van der Waals surface area contributed by atoms with Crippen molar-refractivity contribution in [3.63, 3.8) is 0 Å². The monoisotopic (exact) mass is 251 g/mol. The predicted molar refractivity (Wildman–Crippen MR) is 65.0 cm³/mol. The maximum Gasteiger partial charge on any atom is 0.223 e. The molecule has 0 saturated heterocycles. The van der Waals surface area contributed by atoms with Crippen molar-refractivity contribution < 1.29 is 9.13 Å². The van der Waals surface area contributed by atoms with Gasteiger partial charge in [-0.25, -0.2) is 9.37 Å². The third-order valence-electron chi connectivity index (χ3n) is 2.35. The van der Waals surface area contributed by atoms with Crippen molar-refractivity contribution in [3.05, 3.63) is 53.5 Å². The van der Waals surface area contributed by atoms with E-state index in [4.69, 9.17) is 16.3 Å². The summed E-state index contributed by atoms with van der Waals surface area (Å²) in [7, 11) is 0. The topological polar surface area (TPSA) is 22.1 Å². The molecule has 0 spiro atoms. The van der Waals surface area contributed by atoms with Crippen molar-refractivity contribution in [2.45, 2.75) is 12.8 Å². The van der Waals surface area contributed by atoms with E-state index >= 15 is 0 Å². The Kier molecular flexibility index (Phi) is 3.59. The van der Waals surface area contributed by atoms with Gasteiger partial charge in [0, 0.05) is 17.8 Å². The number of halogens is 2. The van der Waals surface area contributed by atoms with Crippen LogP contribution in [0.2, 0.25) is 0 Å². The highest BCUT2D eigenvalue weighted by Crippen LogP contribution is 2.27. The van der Waals surface area contributed by atoms with Crippen molar-refractivity contribution in [2.24, 2.45) is 0 Å². The van der Waals surface area contributed by atoms with E-state index in [9.17, 15) is 4.39 Å². The summed E-state index contributed by atoms with van der Waals surface area (Å²) in [5.41, 5.74) is 1.62. The summed E-state index contributed by atoms with van der Waals surface area (Å²) in [4.78, 5) is 4.09. The first kappa shape index (κ1) is 11.9. The minimum atomic E-state index is -0.339. The number of nitrogens with zero attached hydrogens (tertiary/aromatic N) is 1. The number of hydrogen-bond donors (Lipinski definition) is 0. The normalized spacial score (nSPS) is 10.3. The predicted octanol–water partition coefficient (Wildman–Crippen LogP) is 4.06. The first-order valence-corrected chi connectivity index (χ1v) is 5.68. The van der Waals surface area contributed by atoms with Gasteiger partial charge < -0.3 is 4.74 Å². The molecule has 2 nitrogen and oxygen atoms in total. The molecule has 0 atom stereocenters. The van der Waals surface area contributed by atoms with E-state index in [1.54, 1.807) is 18.3 Å². The third kappa shape index (κ3) is 2.74. The van der Waals surface area contributed by atoms with Crippen LogP contribution >= 0.6 is 11.6 Å². The summed E-state index contributed by atoms with van der Waals surface area (Å²) < 4.78 is 18.7. The number of rotatable bonds is 3. The van der Waals surface area contributed by atoms with Gasteiger partial charge in [0.15, 0.2) is 0 Å². The average molecular weight is 252 g/mol. The van der Waals surface area contributed by atoms with Crippen molar-refractivity contribution in [3.8, 4) is 11.6 Å². The number of aromatic nitrogens is 1. The van der Waals surface area contributed by atoms with Crippen LogP contribution in [0.4, 0.5) is 4.39 Å². The molecule has 88 valence electrons. The summed E-state index contributed by atoms with van der Waals surface area (Å²) in [5.74, 6) is 0.831. The highest BCUT2D eigenvalue weighted by Gasteiger charge is 2.07. The molecule has 0 aliphatic rings. The molecule has 1 heterocycles. The zero-order chi connectivity index (χ0) is 12.3. The molecule has 0 bridgehead atoms. The van der Waals surface area contributed by atoms with Crippen LogP contribution in [-0.4, -0.2) is 4.98 Å². The molecule has 17 heavy (non-hydrogen) atoms. The summed E-state index contributed by atoms with van der Waals surface area (Å²) in [5, 5.41) is 0. The summed E-state index contributed by atoms with van der Waals surface area (Å²) in [6, 6.07) is 7.99. The maximum absolute atomic E-state index is 13.1. The van der Waals surface area contributed by atoms with Crippen LogP contribution in [0, 0.1) is 12.7 Å². The Labute approximate surface area is 104 Å². The number of ether oxygens (including phenoxy) is 1. The lowest BCUT2D eigenvalue weighted by Crippen LogP contribution is -1.94. The number of pyridine rings is 1. The molecule has 0 saturated carbocycles. The highest BCUT2D eigenvalue weighted by molar-refractivity contribution is 6.17. The molecular formula is C13H11ClFNO. The molecule has 0 aliphatic heterocycles. The van der Waals surface area contributed by atoms with Crippen molar-refractivity contribution >= 4 is 11.6 Å². The minimum Gasteiger partial charge on any atom is -0.438 e. The number of benzene rings is 1. The second kappa shape index (κ2) is 5.15. The Hall–Kier alpha value is -1.61. The molecule has 0 aliphatic carbocycles. The Morgan fingerprint density at radius 3 is 2.94 bits per heavy atom. The summed E-state index contributed by atoms with van der Waals surface area (Å²) in [6.45, 7) is 1.85. The molecule has 0 amide bonds. The van der Waals surface area contributed by atoms with Crippen molar-refractivity contribution in [2.75, 3.05) is 0 Å². The summed E-state index contributed by atoms with van der Waals surface area (Å²) in [6.07, 6.45) is 1.61. The molecular weight excluding hydrogens is 241 g/mol. The molecule has 2 aromatic rings. The smallest absolute Gasteiger partial charge is 0.223 e. The zero-order valence-electron chi connectivity index (χ0n) is 9.28. The zero-order valence-corrected chi connectivity index (χ0v) is 10.0. The van der Waals surface area contributed by atoms with Crippen LogP contribution in [0.3, 0.4) is 0 Å². The Bertz CT molecular complexity index is 531. The van der Waals surface area contributed by atoms with Gasteiger partial charge >= 0.3 is 0 Å². The van der Waals surface area contributed by atoms with Gasteiger partial charge in [-0.1, -0.05) is 12.1 Å². The number of alkyl halides is 1. The van der Waals surface area contributed by atoms with Gasteiger partial charge in [0.05, 0.1) is 5.88 Å². The van der Waals surface area contributed by atoms with Gasteiger partial charge in [-0.3, -0.25) is 0 Å². The highest BCUT2D eigenvalue weighted by atomic mass is 35.5. The quantitative estimate of drug-likeness (QED) is 0.768. The van der Waals surface area contributed by atoms with E-state index in [1.165, 1.54) is 12.1 Å². The van der Waals surface area contributed by atoms with E-state index in [0.717, 1.165) is 11.1 Å². The fourth-order valence-corrected chi connectivity index (χ4v) is 1.61. The van der Waals surface area contributed by atoms with Crippen LogP contribution in [0.1, 0.15) is 11.1 Å². The second-order valence-corrected chi connectivity index (χ2v) is 3.88. The number of hydrogen-bond acceptors (Lipinski definition) is 2. The van der Waals surface area contributed by atoms with E-state index in [2.05, 4.69) is 4.98 Å². The Morgan fingerprint density at radius 1 is 1.35 bits per heavy atom. The lowest BCUT2D eigenvalue weighted by atomic mass is 10.2. The lowest BCUT2D eigenvalue weighted by Gasteiger charge is -2.10. The fraction of sp³-hybridized carbons (Fsp3) is 0.154. The fourth-order valence-electron chi connectivity index (χ4n) is 1.41. The molecule has 1 aromatic carbocycles. The van der Waals surface area contributed by atoms with Gasteiger partial charge in [-0.2, -0.15) is 0 Å². The summed E-state index contributed by atoms with van der Waals surface area (Å²) >= 11 is 5.78. The van der Waals surface area contributed by atoms with E-state index in [0.29, 0.717) is 17.5 Å². The van der Waals surface area contributed by atoms with Crippen LogP contribution in [0.5, 0.6) is 11.6 Å². The number of aryl methyl sites for hydroxylation is 1. The SMILES string of the molecule is Cc1ccc(F)cc1Oc1ncccc1CCl. The van der Waals surface area contributed by atoms with Crippen molar-refractivity contribution in [1.82, 2.24) is 4.98 Å². The second-order valence-electron chi connectivity index (χ2n) is 3.61. The van der Waals surface area contributed by atoms with E-state index in [1.807, 2.05) is 13.0 Å². The van der Waals surface area contributed by atoms with Crippen LogP contribution in [-0.2, 0) is 5.88 Å². The van der Waals surface area contributed by atoms with E-state index < -0.39 is 0 Å². The molecule has 0 N–H and O–H groups in total. The van der Waals surface area contributed by atoms with Crippen LogP contribution in [0.15, 0.2) is 36.5 Å². The molecule has 0 unspecified atom stereocenters. The van der Waals surface area contributed by atoms with Gasteiger partial charge in [0.1, 0.15) is 11.6 Å². The van der Waals surface area contributed by atoms with Gasteiger partial charge in [-0.05, 0) is 24.6 Å². The molecule has 4 heteroatoms. The molecule has 1 aromatic heterocycles. The van der Waals surface area contributed by atoms with Gasteiger partial charge in [-0.15, -0.1) is 11.6 Å². The van der Waals surface area contributed by atoms with Crippen molar-refractivity contribution in [1.29, 1.82) is 0 Å². The molecule has 0 fully saturated rings. The first-order chi connectivity index (χ1) is 8.20. The first-order valence-electron chi connectivity index (χ1n) is 5.14. The largest absolute Gasteiger partial charge is 0.438 e. The minimum absolute atomic E-state index is 0.303. The third-order valence-corrected chi connectivity index (χ3v) is 2.64. The van der Waals surface area contributed by atoms with E-state index in [-0.39, 0.29) is 5.82 Å². The average Bonchev–Trinajstić information content (AvgIpc) is 2.34. The Morgan fingerprint density at radius 2 is 2.18 bits per heavy atom. The van der Waals surface area contributed by atoms with Gasteiger partial charge in [0.25, 0.3) is 0 Å². The standard InChI is InChI=1S/C13H11ClFNO/c1-9-4-5-11(15)7-12(9)17-13-10(8-14)3-2-6-16-13/h2-7H,8H2,1H3. The molecule has 2 rings (SSSR count). The van der Waals surface area contributed by atoms with Crippen LogP contribution < -0.4 is 4.74 Å². The van der Waals surface area contributed by atoms with Crippen LogP contribution in [0.25, 0.3) is 0 Å². The van der Waals surface area contributed by atoms with Gasteiger partial charge in [0.2, 0.25) is 5.88 Å². The lowest BCUT2D eigenvalue weighted by molar-refractivity contribution is 0.450. The Balaban J connectivity index is 2.34. The maximum atomic E-state index is 13.1.